The van der Waals surface area contributed by atoms with Gasteiger partial charge in [-0.15, -0.1) is 11.3 Å². The summed E-state index contributed by atoms with van der Waals surface area (Å²) < 4.78 is 5.91. The van der Waals surface area contributed by atoms with Gasteiger partial charge in [0.05, 0.1) is 17.4 Å². The van der Waals surface area contributed by atoms with Gasteiger partial charge >= 0.3 is 5.97 Å². The van der Waals surface area contributed by atoms with E-state index >= 15 is 0 Å². The Hall–Kier alpha value is -4.57. The van der Waals surface area contributed by atoms with E-state index in [1.807, 2.05) is 73.9 Å². The molecule has 3 heterocycles. The lowest BCUT2D eigenvalue weighted by molar-refractivity contribution is -0.147. The molecule has 52 heavy (non-hydrogen) atoms. The predicted molar refractivity (Wildman–Crippen MR) is 207 cm³/mol. The van der Waals surface area contributed by atoms with Crippen LogP contribution in [-0.4, -0.2) is 63.0 Å². The van der Waals surface area contributed by atoms with Gasteiger partial charge in [-0.3, -0.25) is 14.4 Å². The first-order valence-corrected chi connectivity index (χ1v) is 19.3. The third kappa shape index (κ3) is 10.3. The molecule has 1 saturated heterocycles. The number of carbonyl (C=O) groups excluding carboxylic acids is 2. The van der Waals surface area contributed by atoms with Gasteiger partial charge in [-0.05, 0) is 67.0 Å². The topological polar surface area (TPSA) is 122 Å². The molecular weight excluding hydrogens is 673 g/mol. The summed E-state index contributed by atoms with van der Waals surface area (Å²) in [6, 6.07) is 18.4. The summed E-state index contributed by atoms with van der Waals surface area (Å²) in [5, 5.41) is 12.7. The predicted octanol–water partition coefficient (Wildman–Crippen LogP) is 8.57. The molecule has 2 aromatic carbocycles. The number of carboxylic acid groups (broad SMARTS) is 1. The molecule has 1 aliphatic heterocycles. The Balaban J connectivity index is 1.26. The minimum absolute atomic E-state index is 0.104. The van der Waals surface area contributed by atoms with E-state index in [0.717, 1.165) is 45.9 Å². The summed E-state index contributed by atoms with van der Waals surface area (Å²) in [5.74, 6) is -0.689. The molecule has 1 aliphatic rings. The second-order valence-electron chi connectivity index (χ2n) is 14.9. The summed E-state index contributed by atoms with van der Waals surface area (Å²) in [6.07, 6.45) is 11.0. The first kappa shape index (κ1) is 38.7. The number of hydrogen-bond acceptors (Lipinski definition) is 7. The standard InChI is InChI=1S/C42H52N4O5S/c1-6-7-8-9-10-23-51-34-19-17-30(18-20-34)33-25-43-38(44-26-33)31-15-12-29(13-16-31)24-35(40(48)46-27-32(41(49)50)14-11-28(46)2)45-39(47)36-21-22-37(52-36)42(3,4)5/h12-13,15-22,25-26,28,32,35H,6-11,14,23-24,27H2,1-5H3,(H,45,47)(H,49,50)/t28?,32?,35-/m0/s1. The van der Waals surface area contributed by atoms with Gasteiger partial charge in [0, 0.05) is 47.4 Å². The van der Waals surface area contributed by atoms with E-state index in [2.05, 4.69) is 43.0 Å². The van der Waals surface area contributed by atoms with Crippen LogP contribution in [0.3, 0.4) is 0 Å². The second kappa shape index (κ2) is 17.8. The minimum Gasteiger partial charge on any atom is -0.494 e. The summed E-state index contributed by atoms with van der Waals surface area (Å²) in [6.45, 7) is 11.3. The molecule has 0 bridgehead atoms. The van der Waals surface area contributed by atoms with Crippen LogP contribution in [0.4, 0.5) is 0 Å². The maximum atomic E-state index is 14.1. The molecule has 9 nitrogen and oxygen atoms in total. The molecule has 0 aliphatic carbocycles. The second-order valence-corrected chi connectivity index (χ2v) is 16.0. The van der Waals surface area contributed by atoms with Crippen molar-refractivity contribution >= 4 is 29.1 Å². The summed E-state index contributed by atoms with van der Waals surface area (Å²) in [5.41, 5.74) is 3.48. The summed E-state index contributed by atoms with van der Waals surface area (Å²) in [4.78, 5) is 51.9. The first-order chi connectivity index (χ1) is 24.9. The fraction of sp³-hybridized carbons (Fsp3) is 0.452. The molecule has 4 aromatic rings. The molecule has 2 N–H and O–H groups in total. The van der Waals surface area contributed by atoms with E-state index in [1.54, 1.807) is 11.0 Å². The number of nitrogens with one attached hydrogen (secondary N) is 1. The monoisotopic (exact) mass is 724 g/mol. The number of likely N-dealkylation sites (tertiary alicyclic amines) is 1. The van der Waals surface area contributed by atoms with Crippen molar-refractivity contribution in [3.8, 4) is 28.3 Å². The lowest BCUT2D eigenvalue weighted by Gasteiger charge is -2.38. The highest BCUT2D eigenvalue weighted by Gasteiger charge is 2.36. The zero-order chi connectivity index (χ0) is 37.3. The van der Waals surface area contributed by atoms with Gasteiger partial charge in [0.25, 0.3) is 5.91 Å². The maximum Gasteiger partial charge on any atom is 0.308 e. The fourth-order valence-electron chi connectivity index (χ4n) is 6.40. The number of aliphatic carboxylic acids is 1. The number of thiophene rings is 1. The van der Waals surface area contributed by atoms with E-state index in [4.69, 9.17) is 4.74 Å². The van der Waals surface area contributed by atoms with Gasteiger partial charge < -0.3 is 20.1 Å². The van der Waals surface area contributed by atoms with Gasteiger partial charge in [-0.25, -0.2) is 9.97 Å². The van der Waals surface area contributed by atoms with Crippen molar-refractivity contribution in [3.63, 3.8) is 0 Å². The van der Waals surface area contributed by atoms with Crippen molar-refractivity contribution in [1.82, 2.24) is 20.2 Å². The highest BCUT2D eigenvalue weighted by Crippen LogP contribution is 2.30. The van der Waals surface area contributed by atoms with Crippen molar-refractivity contribution in [1.29, 1.82) is 0 Å². The molecule has 10 heteroatoms. The van der Waals surface area contributed by atoms with Crippen molar-refractivity contribution in [3.05, 3.63) is 88.4 Å². The number of hydrogen-bond donors (Lipinski definition) is 2. The lowest BCUT2D eigenvalue weighted by Crippen LogP contribution is -2.55. The molecular formula is C42H52N4O5S. The Kier molecular flexibility index (Phi) is 13.2. The van der Waals surface area contributed by atoms with Gasteiger partial charge in [0.2, 0.25) is 5.91 Å². The number of benzene rings is 2. The maximum absolute atomic E-state index is 14.1. The van der Waals surface area contributed by atoms with Crippen LogP contribution in [0.2, 0.25) is 0 Å². The van der Waals surface area contributed by atoms with Gasteiger partial charge in [-0.1, -0.05) is 89.8 Å². The van der Waals surface area contributed by atoms with Crippen molar-refractivity contribution in [2.24, 2.45) is 5.92 Å². The third-order valence-corrected chi connectivity index (χ3v) is 11.2. The highest BCUT2D eigenvalue weighted by molar-refractivity contribution is 7.14. The number of ether oxygens (including phenoxy) is 1. The summed E-state index contributed by atoms with van der Waals surface area (Å²) in [7, 11) is 0. The Morgan fingerprint density at radius 2 is 1.58 bits per heavy atom. The number of aromatic nitrogens is 2. The van der Waals surface area contributed by atoms with Crippen molar-refractivity contribution in [2.45, 2.75) is 103 Å². The van der Waals surface area contributed by atoms with E-state index in [1.165, 1.54) is 37.0 Å². The SMILES string of the molecule is CCCCCCCOc1ccc(-c2cnc(-c3ccc(C[C@H](NC(=O)c4ccc(C(C)(C)C)s4)C(=O)N4CC(C(=O)O)CCC4C)cc3)nc2)cc1. The van der Waals surface area contributed by atoms with Crippen LogP contribution < -0.4 is 10.1 Å². The van der Waals surface area contributed by atoms with Crippen molar-refractivity contribution in [2.75, 3.05) is 13.2 Å². The van der Waals surface area contributed by atoms with Crippen molar-refractivity contribution < 1.29 is 24.2 Å². The Morgan fingerprint density at radius 3 is 2.21 bits per heavy atom. The largest absolute Gasteiger partial charge is 0.494 e. The zero-order valence-corrected chi connectivity index (χ0v) is 31.9. The lowest BCUT2D eigenvalue weighted by atomic mass is 9.92. The molecule has 2 amide bonds. The molecule has 3 atom stereocenters. The number of carboxylic acids is 1. The molecule has 5 rings (SSSR count). The van der Waals surface area contributed by atoms with E-state index < -0.39 is 17.9 Å². The minimum atomic E-state index is -0.907. The quantitative estimate of drug-likeness (QED) is 0.118. The fourth-order valence-corrected chi connectivity index (χ4v) is 7.37. The van der Waals surface area contributed by atoms with Crippen LogP contribution in [-0.2, 0) is 21.4 Å². The number of piperidine rings is 1. The van der Waals surface area contributed by atoms with Crippen LogP contribution in [0.15, 0.2) is 73.1 Å². The number of rotatable bonds is 15. The van der Waals surface area contributed by atoms with E-state index in [-0.39, 0.29) is 36.2 Å². The molecule has 276 valence electrons. The first-order valence-electron chi connectivity index (χ1n) is 18.5. The molecule has 2 unspecified atom stereocenters. The molecule has 0 saturated carbocycles. The van der Waals surface area contributed by atoms with Gasteiger partial charge in [-0.2, -0.15) is 0 Å². The molecule has 0 radical (unpaired) electrons. The zero-order valence-electron chi connectivity index (χ0n) is 31.1. The van der Waals surface area contributed by atoms with Crippen LogP contribution >= 0.6 is 11.3 Å². The number of carbonyl (C=O) groups is 3. The Morgan fingerprint density at radius 1 is 0.904 bits per heavy atom. The Labute approximate surface area is 311 Å². The smallest absolute Gasteiger partial charge is 0.308 e. The highest BCUT2D eigenvalue weighted by atomic mass is 32.1. The number of nitrogens with zero attached hydrogens (tertiary/aromatic N) is 3. The molecule has 1 fully saturated rings. The van der Waals surface area contributed by atoms with Crippen LogP contribution in [0, 0.1) is 5.92 Å². The summed E-state index contributed by atoms with van der Waals surface area (Å²) >= 11 is 1.42. The average molecular weight is 725 g/mol. The molecule has 0 spiro atoms. The van der Waals surface area contributed by atoms with Crippen LogP contribution in [0.25, 0.3) is 22.5 Å². The van der Waals surface area contributed by atoms with E-state index in [9.17, 15) is 19.5 Å². The van der Waals surface area contributed by atoms with E-state index in [0.29, 0.717) is 23.5 Å². The normalized spacial score (nSPS) is 16.7. The number of unbranched alkanes of at least 4 members (excludes halogenated alkanes) is 4. The van der Waals surface area contributed by atoms with Crippen LogP contribution in [0.5, 0.6) is 5.75 Å². The third-order valence-electron chi connectivity index (χ3n) is 9.69. The van der Waals surface area contributed by atoms with Gasteiger partial charge in [0.1, 0.15) is 11.8 Å². The average Bonchev–Trinajstić information content (AvgIpc) is 3.65. The van der Waals surface area contributed by atoms with Crippen LogP contribution in [0.1, 0.15) is 99.7 Å². The number of amides is 2. The Bertz CT molecular complexity index is 1780. The van der Waals surface area contributed by atoms with Gasteiger partial charge in [0.15, 0.2) is 5.82 Å². The molecule has 2 aromatic heterocycles.